The number of imidazole rings is 1. The van der Waals surface area contributed by atoms with Crippen LogP contribution in [0, 0.1) is 0 Å². The minimum Gasteiger partial charge on any atom is -0.496 e. The van der Waals surface area contributed by atoms with E-state index in [0.717, 1.165) is 29.5 Å². The first-order valence-corrected chi connectivity index (χ1v) is 12.9. The van der Waals surface area contributed by atoms with E-state index in [4.69, 9.17) is 27.1 Å². The van der Waals surface area contributed by atoms with E-state index in [-0.39, 0.29) is 41.6 Å². The minimum atomic E-state index is -1.14. The van der Waals surface area contributed by atoms with Crippen molar-refractivity contribution >= 4 is 34.7 Å². The Hall–Kier alpha value is -4.09. The van der Waals surface area contributed by atoms with Gasteiger partial charge in [0.25, 0.3) is 5.56 Å². The molecule has 1 fully saturated rings. The van der Waals surface area contributed by atoms with E-state index in [0.29, 0.717) is 23.1 Å². The first-order chi connectivity index (χ1) is 18.7. The van der Waals surface area contributed by atoms with E-state index in [2.05, 4.69) is 4.90 Å². The fourth-order valence-electron chi connectivity index (χ4n) is 5.07. The summed E-state index contributed by atoms with van der Waals surface area (Å²) in [7, 11) is 2.94. The molecule has 204 valence electrons. The smallest absolute Gasteiger partial charge is 0.339 e. The molecule has 11 nitrogen and oxygen atoms in total. The van der Waals surface area contributed by atoms with E-state index in [1.807, 2.05) is 18.2 Å². The molecule has 4 aromatic rings. The highest BCUT2D eigenvalue weighted by Gasteiger charge is 2.27. The summed E-state index contributed by atoms with van der Waals surface area (Å²) >= 11 is 6.49. The highest BCUT2D eigenvalue weighted by Crippen LogP contribution is 2.26. The molecule has 12 heteroatoms. The fourth-order valence-corrected chi connectivity index (χ4v) is 5.27. The number of halogens is 1. The molecule has 0 unspecified atom stereocenters. The van der Waals surface area contributed by atoms with Crippen molar-refractivity contribution in [3.05, 3.63) is 85.0 Å². The summed E-state index contributed by atoms with van der Waals surface area (Å²) in [5.41, 5.74) is 7.06. The number of ether oxygens (including phenoxy) is 1. The van der Waals surface area contributed by atoms with Gasteiger partial charge in [0.1, 0.15) is 11.3 Å². The maximum absolute atomic E-state index is 14.0. The number of aromatic carboxylic acids is 1. The molecule has 1 aliphatic rings. The Bertz CT molecular complexity index is 1690. The number of hydrogen-bond donors (Lipinski definition) is 2. The van der Waals surface area contributed by atoms with E-state index < -0.39 is 17.2 Å². The Labute approximate surface area is 228 Å². The number of nitrogens with zero attached hydrogens (tertiary/aromatic N) is 5. The number of anilines is 1. The topological polar surface area (TPSA) is 138 Å². The van der Waals surface area contributed by atoms with Gasteiger partial charge in [-0.05, 0) is 42.2 Å². The molecule has 1 aliphatic heterocycles. The number of fused-ring (bicyclic) bond motifs is 1. The highest BCUT2D eigenvalue weighted by molar-refractivity contribution is 6.31. The molecule has 0 aliphatic carbocycles. The van der Waals surface area contributed by atoms with E-state index in [1.54, 1.807) is 23.7 Å². The summed E-state index contributed by atoms with van der Waals surface area (Å²) in [4.78, 5) is 45.7. The second-order valence-electron chi connectivity index (χ2n) is 9.68. The van der Waals surface area contributed by atoms with Gasteiger partial charge in [-0.15, -0.1) is 0 Å². The lowest BCUT2D eigenvalue weighted by molar-refractivity contribution is 0.0693. The number of aryl methyl sites for hydroxylation is 1. The molecule has 5 rings (SSSR count). The predicted molar refractivity (Wildman–Crippen MR) is 148 cm³/mol. The first kappa shape index (κ1) is 26.5. The highest BCUT2D eigenvalue weighted by atomic mass is 35.5. The Morgan fingerprint density at radius 3 is 2.64 bits per heavy atom. The summed E-state index contributed by atoms with van der Waals surface area (Å²) < 4.78 is 9.50. The van der Waals surface area contributed by atoms with Gasteiger partial charge >= 0.3 is 11.7 Å². The Kier molecular flexibility index (Phi) is 7.19. The van der Waals surface area contributed by atoms with Crippen LogP contribution in [0.3, 0.4) is 0 Å². The number of rotatable bonds is 7. The van der Waals surface area contributed by atoms with Crippen LogP contribution in [-0.2, 0) is 20.1 Å². The van der Waals surface area contributed by atoms with Gasteiger partial charge in [-0.25, -0.2) is 9.59 Å². The number of carbonyl (C=O) groups is 1. The largest absolute Gasteiger partial charge is 0.496 e. The number of aromatic nitrogens is 4. The summed E-state index contributed by atoms with van der Waals surface area (Å²) in [5, 5.41) is 9.95. The maximum atomic E-state index is 14.0. The molecule has 0 amide bonds. The van der Waals surface area contributed by atoms with Gasteiger partial charge in [0.15, 0.2) is 11.2 Å². The zero-order valence-corrected chi connectivity index (χ0v) is 22.4. The van der Waals surface area contributed by atoms with Crippen LogP contribution in [0.1, 0.15) is 34.3 Å². The Balaban J connectivity index is 1.70. The van der Waals surface area contributed by atoms with Gasteiger partial charge in [-0.2, -0.15) is 4.98 Å². The molecule has 0 spiro atoms. The molecule has 3 N–H and O–H groups in total. The molecule has 1 saturated heterocycles. The average Bonchev–Trinajstić information content (AvgIpc) is 3.30. The SMILES string of the molecule is COc1cc(Cn2c(=O)c3c(nc(N4CCC[C@@H](N)C4)n3Cc3ccccc3Cl)n(C)c2=O)ccc1C(=O)O. The molecule has 2 aromatic heterocycles. The van der Waals surface area contributed by atoms with Crippen LogP contribution >= 0.6 is 11.6 Å². The number of piperidine rings is 1. The van der Waals surface area contributed by atoms with Crippen molar-refractivity contribution in [1.82, 2.24) is 18.7 Å². The molecular weight excluding hydrogens is 524 g/mol. The second-order valence-corrected chi connectivity index (χ2v) is 10.1. The van der Waals surface area contributed by atoms with Gasteiger partial charge in [-0.3, -0.25) is 18.5 Å². The number of nitrogens with two attached hydrogens (primary N) is 1. The number of benzene rings is 2. The second kappa shape index (κ2) is 10.6. The number of carboxylic acid groups (broad SMARTS) is 1. The molecular formula is C27H29ClN6O5. The molecule has 0 saturated carbocycles. The molecule has 0 radical (unpaired) electrons. The number of hydrogen-bond acceptors (Lipinski definition) is 7. The summed E-state index contributed by atoms with van der Waals surface area (Å²) in [6.07, 6.45) is 1.78. The van der Waals surface area contributed by atoms with Crippen LogP contribution in [0.4, 0.5) is 5.95 Å². The summed E-state index contributed by atoms with van der Waals surface area (Å²) in [5.74, 6) is -0.447. The third-order valence-corrected chi connectivity index (χ3v) is 7.45. The van der Waals surface area contributed by atoms with Crippen molar-refractivity contribution in [2.45, 2.75) is 32.0 Å². The molecule has 3 heterocycles. The van der Waals surface area contributed by atoms with Crippen molar-refractivity contribution in [1.29, 1.82) is 0 Å². The molecule has 39 heavy (non-hydrogen) atoms. The normalized spacial score (nSPS) is 15.6. The summed E-state index contributed by atoms with van der Waals surface area (Å²) in [6, 6.07) is 11.8. The van der Waals surface area contributed by atoms with Crippen LogP contribution in [0.25, 0.3) is 11.2 Å². The fraction of sp³-hybridized carbons (Fsp3) is 0.333. The van der Waals surface area contributed by atoms with Crippen LogP contribution < -0.4 is 26.6 Å². The van der Waals surface area contributed by atoms with E-state index in [1.165, 1.54) is 23.8 Å². The van der Waals surface area contributed by atoms with Crippen molar-refractivity contribution in [2.24, 2.45) is 12.8 Å². The average molecular weight is 553 g/mol. The third kappa shape index (κ3) is 4.90. The molecule has 1 atom stereocenters. The lowest BCUT2D eigenvalue weighted by Gasteiger charge is -2.32. The number of methoxy groups -OCH3 is 1. The molecule has 2 aromatic carbocycles. The van der Waals surface area contributed by atoms with Crippen molar-refractivity contribution < 1.29 is 14.6 Å². The molecule has 0 bridgehead atoms. The third-order valence-electron chi connectivity index (χ3n) is 7.08. The van der Waals surface area contributed by atoms with Gasteiger partial charge in [0.2, 0.25) is 5.95 Å². The Morgan fingerprint density at radius 1 is 1.18 bits per heavy atom. The van der Waals surface area contributed by atoms with Gasteiger partial charge in [0.05, 0.1) is 20.2 Å². The Morgan fingerprint density at radius 2 is 1.95 bits per heavy atom. The lowest BCUT2D eigenvalue weighted by atomic mass is 10.1. The van der Waals surface area contributed by atoms with E-state index in [9.17, 15) is 19.5 Å². The zero-order valence-electron chi connectivity index (χ0n) is 21.6. The summed E-state index contributed by atoms with van der Waals surface area (Å²) in [6.45, 7) is 1.48. The van der Waals surface area contributed by atoms with Crippen molar-refractivity contribution in [3.63, 3.8) is 0 Å². The van der Waals surface area contributed by atoms with Gasteiger partial charge < -0.3 is 20.5 Å². The maximum Gasteiger partial charge on any atom is 0.339 e. The van der Waals surface area contributed by atoms with Crippen LogP contribution in [0.2, 0.25) is 5.02 Å². The first-order valence-electron chi connectivity index (χ1n) is 12.5. The van der Waals surface area contributed by atoms with Gasteiger partial charge in [-0.1, -0.05) is 35.9 Å². The van der Waals surface area contributed by atoms with Crippen molar-refractivity contribution in [2.75, 3.05) is 25.1 Å². The lowest BCUT2D eigenvalue weighted by Crippen LogP contribution is -2.44. The predicted octanol–water partition coefficient (Wildman–Crippen LogP) is 2.28. The minimum absolute atomic E-state index is 0.0147. The van der Waals surface area contributed by atoms with Crippen LogP contribution in [-0.4, -0.2) is 56.0 Å². The van der Waals surface area contributed by atoms with E-state index >= 15 is 0 Å². The van der Waals surface area contributed by atoms with Crippen LogP contribution in [0.15, 0.2) is 52.1 Å². The number of carboxylic acids is 1. The van der Waals surface area contributed by atoms with Crippen molar-refractivity contribution in [3.8, 4) is 5.75 Å². The van der Waals surface area contributed by atoms with Gasteiger partial charge in [0, 0.05) is 31.2 Å². The standard InChI is InChI=1S/C27H29ClN6O5/c1-31-23-22(24(35)34(27(31)38)13-16-9-10-19(25(36)37)21(12-16)39-2)33(14-17-6-3-4-8-20(17)28)26(30-23)32-11-5-7-18(29)15-32/h3-4,6,8-10,12,18H,5,7,11,13-15,29H2,1-2H3,(H,36,37)/t18-/m1/s1. The quantitative estimate of drug-likeness (QED) is 0.356. The zero-order chi connectivity index (χ0) is 27.8. The van der Waals surface area contributed by atoms with Crippen LogP contribution in [0.5, 0.6) is 5.75 Å². The monoisotopic (exact) mass is 552 g/mol.